The highest BCUT2D eigenvalue weighted by Crippen LogP contribution is 2.21. The molecule has 0 aliphatic rings. The molecule has 1 amide bonds. The van der Waals surface area contributed by atoms with E-state index >= 15 is 0 Å². The van der Waals surface area contributed by atoms with E-state index in [4.69, 9.17) is 9.47 Å². The predicted octanol–water partition coefficient (Wildman–Crippen LogP) is 3.01. The minimum atomic E-state index is -0.0688. The molecule has 4 nitrogen and oxygen atoms in total. The van der Waals surface area contributed by atoms with Crippen molar-refractivity contribution in [2.75, 3.05) is 19.8 Å². The highest BCUT2D eigenvalue weighted by atomic mass is 16.5. The van der Waals surface area contributed by atoms with Gasteiger partial charge in [0.05, 0.1) is 13.2 Å². The summed E-state index contributed by atoms with van der Waals surface area (Å²) in [5, 5.41) is 2.79. The van der Waals surface area contributed by atoms with Gasteiger partial charge in [-0.05, 0) is 38.0 Å². The van der Waals surface area contributed by atoms with Crippen molar-refractivity contribution in [3.63, 3.8) is 0 Å². The van der Waals surface area contributed by atoms with Gasteiger partial charge in [0.15, 0.2) is 0 Å². The fraction of sp³-hybridized carbons (Fsp3) is 0.562. The molecule has 1 aromatic carbocycles. The summed E-state index contributed by atoms with van der Waals surface area (Å²) < 4.78 is 11.2. The molecule has 4 heteroatoms. The van der Waals surface area contributed by atoms with Gasteiger partial charge in [-0.15, -0.1) is 0 Å². The number of ether oxygens (including phenoxy) is 2. The SMILES string of the molecule is CCNC(=O)c1ccc(OCC)c(COCC(C)C)c1. The predicted molar refractivity (Wildman–Crippen MR) is 80.1 cm³/mol. The summed E-state index contributed by atoms with van der Waals surface area (Å²) in [4.78, 5) is 11.9. The molecule has 0 atom stereocenters. The van der Waals surface area contributed by atoms with Crippen LogP contribution in [0, 0.1) is 5.92 Å². The van der Waals surface area contributed by atoms with E-state index in [1.807, 2.05) is 26.0 Å². The fourth-order valence-electron chi connectivity index (χ4n) is 1.80. The van der Waals surface area contributed by atoms with Gasteiger partial charge >= 0.3 is 0 Å². The van der Waals surface area contributed by atoms with Gasteiger partial charge in [-0.1, -0.05) is 13.8 Å². The maximum Gasteiger partial charge on any atom is 0.251 e. The first-order chi connectivity index (χ1) is 9.58. The quantitative estimate of drug-likeness (QED) is 0.795. The van der Waals surface area contributed by atoms with Crippen LogP contribution >= 0.6 is 0 Å². The molecule has 1 aromatic rings. The molecule has 0 aromatic heterocycles. The molecular formula is C16H25NO3. The molecular weight excluding hydrogens is 254 g/mol. The molecule has 112 valence electrons. The first-order valence-corrected chi connectivity index (χ1v) is 7.20. The molecule has 0 fully saturated rings. The highest BCUT2D eigenvalue weighted by Gasteiger charge is 2.10. The number of hydrogen-bond acceptors (Lipinski definition) is 3. The normalized spacial score (nSPS) is 10.7. The van der Waals surface area contributed by atoms with Gasteiger partial charge in [-0.3, -0.25) is 4.79 Å². The Morgan fingerprint density at radius 2 is 2.05 bits per heavy atom. The van der Waals surface area contributed by atoms with Crippen molar-refractivity contribution < 1.29 is 14.3 Å². The molecule has 0 aliphatic heterocycles. The van der Waals surface area contributed by atoms with Gasteiger partial charge in [0.2, 0.25) is 0 Å². The lowest BCUT2D eigenvalue weighted by atomic mass is 10.1. The smallest absolute Gasteiger partial charge is 0.251 e. The van der Waals surface area contributed by atoms with Crippen LogP contribution in [0.2, 0.25) is 0 Å². The van der Waals surface area contributed by atoms with Gasteiger partial charge in [0, 0.05) is 24.3 Å². The van der Waals surface area contributed by atoms with Crippen molar-refractivity contribution in [3.8, 4) is 5.75 Å². The number of carbonyl (C=O) groups excluding carboxylic acids is 1. The van der Waals surface area contributed by atoms with Crippen LogP contribution in [-0.2, 0) is 11.3 Å². The number of hydrogen-bond donors (Lipinski definition) is 1. The first kappa shape index (κ1) is 16.5. The van der Waals surface area contributed by atoms with Crippen LogP contribution in [0.1, 0.15) is 43.6 Å². The van der Waals surface area contributed by atoms with Crippen molar-refractivity contribution in [3.05, 3.63) is 29.3 Å². The largest absolute Gasteiger partial charge is 0.494 e. The second kappa shape index (κ2) is 8.59. The molecule has 1 rings (SSSR count). The zero-order chi connectivity index (χ0) is 15.0. The molecule has 20 heavy (non-hydrogen) atoms. The van der Waals surface area contributed by atoms with E-state index < -0.39 is 0 Å². The summed E-state index contributed by atoms with van der Waals surface area (Å²) in [6, 6.07) is 5.46. The van der Waals surface area contributed by atoms with E-state index in [1.54, 1.807) is 6.07 Å². The maximum atomic E-state index is 11.9. The van der Waals surface area contributed by atoms with Gasteiger partial charge in [-0.2, -0.15) is 0 Å². The van der Waals surface area contributed by atoms with Crippen LogP contribution in [0.4, 0.5) is 0 Å². The van der Waals surface area contributed by atoms with E-state index in [-0.39, 0.29) is 5.91 Å². The molecule has 0 unspecified atom stereocenters. The van der Waals surface area contributed by atoms with E-state index in [0.29, 0.717) is 37.8 Å². The highest BCUT2D eigenvalue weighted by molar-refractivity contribution is 5.94. The number of nitrogens with one attached hydrogen (secondary N) is 1. The van der Waals surface area contributed by atoms with E-state index in [1.165, 1.54) is 0 Å². The van der Waals surface area contributed by atoms with Gasteiger partial charge in [0.25, 0.3) is 5.91 Å². The molecule has 0 heterocycles. The third-order valence-corrected chi connectivity index (χ3v) is 2.67. The van der Waals surface area contributed by atoms with Crippen LogP contribution in [0.15, 0.2) is 18.2 Å². The topological polar surface area (TPSA) is 47.6 Å². The van der Waals surface area contributed by atoms with Crippen LogP contribution < -0.4 is 10.1 Å². The monoisotopic (exact) mass is 279 g/mol. The Kier molecular flexibility index (Phi) is 7.09. The minimum Gasteiger partial charge on any atom is -0.494 e. The summed E-state index contributed by atoms with van der Waals surface area (Å²) in [6.45, 7) is 10.4. The maximum absolute atomic E-state index is 11.9. The average Bonchev–Trinajstić information content (AvgIpc) is 2.40. The minimum absolute atomic E-state index is 0.0688. The van der Waals surface area contributed by atoms with E-state index in [9.17, 15) is 4.79 Å². The molecule has 0 saturated heterocycles. The summed E-state index contributed by atoms with van der Waals surface area (Å²) in [6.07, 6.45) is 0. The Morgan fingerprint density at radius 3 is 2.65 bits per heavy atom. The van der Waals surface area contributed by atoms with E-state index in [2.05, 4.69) is 19.2 Å². The standard InChI is InChI=1S/C16H25NO3/c1-5-17-16(18)13-7-8-15(20-6-2)14(9-13)11-19-10-12(3)4/h7-9,12H,5-6,10-11H2,1-4H3,(H,17,18). The lowest BCUT2D eigenvalue weighted by Crippen LogP contribution is -2.22. The summed E-state index contributed by atoms with van der Waals surface area (Å²) >= 11 is 0. The Hall–Kier alpha value is -1.55. The Bertz CT molecular complexity index is 430. The lowest BCUT2D eigenvalue weighted by molar-refractivity contribution is 0.0937. The molecule has 0 bridgehead atoms. The molecule has 0 aliphatic carbocycles. The zero-order valence-corrected chi connectivity index (χ0v) is 12.9. The molecule has 1 N–H and O–H groups in total. The van der Waals surface area contributed by atoms with Crippen molar-refractivity contribution >= 4 is 5.91 Å². The van der Waals surface area contributed by atoms with Crippen LogP contribution in [0.5, 0.6) is 5.75 Å². The van der Waals surface area contributed by atoms with Crippen LogP contribution in [0.25, 0.3) is 0 Å². The Labute approximate surface area is 121 Å². The third kappa shape index (κ3) is 5.21. The molecule has 0 saturated carbocycles. The number of amides is 1. The van der Waals surface area contributed by atoms with Crippen molar-refractivity contribution in [2.45, 2.75) is 34.3 Å². The second-order valence-corrected chi connectivity index (χ2v) is 5.02. The number of carbonyl (C=O) groups is 1. The summed E-state index contributed by atoms with van der Waals surface area (Å²) in [7, 11) is 0. The zero-order valence-electron chi connectivity index (χ0n) is 12.9. The second-order valence-electron chi connectivity index (χ2n) is 5.02. The van der Waals surface area contributed by atoms with Crippen molar-refractivity contribution in [1.82, 2.24) is 5.32 Å². The first-order valence-electron chi connectivity index (χ1n) is 7.20. The van der Waals surface area contributed by atoms with Crippen molar-refractivity contribution in [2.24, 2.45) is 5.92 Å². The van der Waals surface area contributed by atoms with Gasteiger partial charge in [0.1, 0.15) is 5.75 Å². The summed E-state index contributed by atoms with van der Waals surface area (Å²) in [5.74, 6) is 1.20. The molecule has 0 spiro atoms. The van der Waals surface area contributed by atoms with E-state index in [0.717, 1.165) is 11.3 Å². The van der Waals surface area contributed by atoms with Crippen molar-refractivity contribution in [1.29, 1.82) is 0 Å². The lowest BCUT2D eigenvalue weighted by Gasteiger charge is -2.13. The fourth-order valence-corrected chi connectivity index (χ4v) is 1.80. The van der Waals surface area contributed by atoms with Gasteiger partial charge < -0.3 is 14.8 Å². The Balaban J connectivity index is 2.84. The van der Waals surface area contributed by atoms with Gasteiger partial charge in [-0.25, -0.2) is 0 Å². The molecule has 0 radical (unpaired) electrons. The third-order valence-electron chi connectivity index (χ3n) is 2.67. The number of rotatable bonds is 8. The Morgan fingerprint density at radius 1 is 1.30 bits per heavy atom. The van der Waals surface area contributed by atoms with Crippen LogP contribution in [-0.4, -0.2) is 25.7 Å². The summed E-state index contributed by atoms with van der Waals surface area (Å²) in [5.41, 5.74) is 1.55. The average molecular weight is 279 g/mol. The van der Waals surface area contributed by atoms with Crippen LogP contribution in [0.3, 0.4) is 0 Å². The number of benzene rings is 1.